The van der Waals surface area contributed by atoms with Crippen molar-refractivity contribution in [3.8, 4) is 11.1 Å². The van der Waals surface area contributed by atoms with Crippen LogP contribution in [0.5, 0.6) is 0 Å². The zero-order chi connectivity index (χ0) is 25.6. The van der Waals surface area contributed by atoms with Crippen molar-refractivity contribution in [2.24, 2.45) is 0 Å². The Morgan fingerprint density at radius 1 is 0.571 bits per heavy atom. The van der Waals surface area contributed by atoms with Gasteiger partial charge in [-0.25, -0.2) is 16.8 Å². The van der Waals surface area contributed by atoms with Gasteiger partial charge in [-0.1, -0.05) is 48.5 Å². The molecule has 0 saturated carbocycles. The summed E-state index contributed by atoms with van der Waals surface area (Å²) in [6.07, 6.45) is -10.6. The molecule has 1 heterocycles. The summed E-state index contributed by atoms with van der Waals surface area (Å²) in [7, 11) is -11.0. The lowest BCUT2D eigenvalue weighted by Gasteiger charge is -2.20. The minimum Gasteiger partial charge on any atom is -0.206 e. The standard InChI is InChI=1S/C22H11F6NO4S2/c23-21(24,25)15-9-11-5-1-3-7-13(11)17-18-14-8-4-2-6-12(14)10-16(22(26,27)28)20(18)35(32,33)29-34(30,31)19(15)17/h1-10,29H. The van der Waals surface area contributed by atoms with Crippen LogP contribution in [0, 0.1) is 0 Å². The van der Waals surface area contributed by atoms with E-state index in [9.17, 15) is 43.2 Å². The van der Waals surface area contributed by atoms with Crippen molar-refractivity contribution in [2.45, 2.75) is 22.1 Å². The summed E-state index contributed by atoms with van der Waals surface area (Å²) in [4.78, 5) is -2.92. The number of alkyl halides is 6. The average Bonchev–Trinajstić information content (AvgIpc) is 2.81. The zero-order valence-corrected chi connectivity index (χ0v) is 18.6. The normalized spacial score (nSPS) is 17.1. The first-order valence-corrected chi connectivity index (χ1v) is 12.6. The summed E-state index contributed by atoms with van der Waals surface area (Å²) in [5.41, 5.74) is -4.96. The highest BCUT2D eigenvalue weighted by atomic mass is 32.3. The van der Waals surface area contributed by atoms with E-state index >= 15 is 0 Å². The Bertz CT molecular complexity index is 1650. The van der Waals surface area contributed by atoms with Crippen LogP contribution in [0.2, 0.25) is 0 Å². The van der Waals surface area contributed by atoms with Crippen molar-refractivity contribution in [3.05, 3.63) is 71.8 Å². The van der Waals surface area contributed by atoms with E-state index in [4.69, 9.17) is 0 Å². The maximum atomic E-state index is 14.1. The van der Waals surface area contributed by atoms with E-state index in [0.717, 1.165) is 4.13 Å². The Hall–Kier alpha value is -3.16. The molecule has 1 aliphatic heterocycles. The van der Waals surface area contributed by atoms with E-state index in [1.54, 1.807) is 0 Å². The Balaban J connectivity index is 2.22. The van der Waals surface area contributed by atoms with Gasteiger partial charge in [0.25, 0.3) is 20.0 Å². The fourth-order valence-electron chi connectivity index (χ4n) is 4.36. The third kappa shape index (κ3) is 3.56. The molecule has 0 radical (unpaired) electrons. The molecule has 35 heavy (non-hydrogen) atoms. The summed E-state index contributed by atoms with van der Waals surface area (Å²) in [6, 6.07) is 11.4. The van der Waals surface area contributed by atoms with Gasteiger partial charge >= 0.3 is 12.4 Å². The van der Waals surface area contributed by atoms with E-state index in [1.165, 1.54) is 48.5 Å². The number of hydrogen-bond acceptors (Lipinski definition) is 4. The van der Waals surface area contributed by atoms with E-state index in [0.29, 0.717) is 12.1 Å². The highest BCUT2D eigenvalue weighted by Crippen LogP contribution is 2.51. The number of halogens is 6. The second kappa shape index (κ2) is 7.18. The number of rotatable bonds is 0. The van der Waals surface area contributed by atoms with Crippen molar-refractivity contribution >= 4 is 41.6 Å². The molecular weight excluding hydrogens is 520 g/mol. The van der Waals surface area contributed by atoms with Crippen LogP contribution >= 0.6 is 0 Å². The predicted molar refractivity (Wildman–Crippen MR) is 114 cm³/mol. The second-order valence-corrected chi connectivity index (χ2v) is 11.3. The van der Waals surface area contributed by atoms with Gasteiger partial charge in [-0.15, -0.1) is 4.13 Å². The van der Waals surface area contributed by atoms with Gasteiger partial charge in [-0.2, -0.15) is 26.3 Å². The van der Waals surface area contributed by atoms with Crippen molar-refractivity contribution in [1.82, 2.24) is 4.13 Å². The van der Waals surface area contributed by atoms with E-state index in [-0.39, 0.29) is 21.5 Å². The number of sulfonamides is 2. The first-order valence-electron chi connectivity index (χ1n) is 9.68. The summed E-state index contributed by atoms with van der Waals surface area (Å²) in [5.74, 6) is 0. The molecule has 0 amide bonds. The summed E-state index contributed by atoms with van der Waals surface area (Å²) < 4.78 is 138. The summed E-state index contributed by atoms with van der Waals surface area (Å²) >= 11 is 0. The molecule has 182 valence electrons. The molecule has 4 aromatic rings. The maximum Gasteiger partial charge on any atom is 0.417 e. The molecule has 5 rings (SSSR count). The molecule has 1 aliphatic rings. The Morgan fingerprint density at radius 3 is 1.26 bits per heavy atom. The molecule has 0 fully saturated rings. The first kappa shape index (κ1) is 23.6. The molecule has 0 bridgehead atoms. The van der Waals surface area contributed by atoms with Crippen LogP contribution in [0.4, 0.5) is 26.3 Å². The van der Waals surface area contributed by atoms with Crippen LogP contribution in [0.25, 0.3) is 32.7 Å². The molecular formula is C22H11F6NO4S2. The number of hydrogen-bond donors (Lipinski definition) is 1. The molecule has 4 aromatic carbocycles. The number of nitrogens with one attached hydrogen (secondary N) is 1. The fraction of sp³-hybridized carbons (Fsp3) is 0.0909. The molecule has 0 spiro atoms. The summed E-state index contributed by atoms with van der Waals surface area (Å²) in [6.45, 7) is 0. The Labute approximate surface area is 194 Å². The van der Waals surface area contributed by atoms with Crippen molar-refractivity contribution in [3.63, 3.8) is 0 Å². The van der Waals surface area contributed by atoms with Gasteiger partial charge in [0.2, 0.25) is 0 Å². The third-order valence-corrected chi connectivity index (χ3v) is 9.30. The van der Waals surface area contributed by atoms with Gasteiger partial charge in [0.15, 0.2) is 0 Å². The van der Waals surface area contributed by atoms with Crippen LogP contribution < -0.4 is 4.13 Å². The molecule has 5 nitrogen and oxygen atoms in total. The molecule has 0 aliphatic carbocycles. The van der Waals surface area contributed by atoms with Gasteiger partial charge in [0, 0.05) is 11.1 Å². The van der Waals surface area contributed by atoms with Crippen LogP contribution in [-0.4, -0.2) is 16.8 Å². The molecule has 0 aromatic heterocycles. The van der Waals surface area contributed by atoms with Crippen molar-refractivity contribution in [2.75, 3.05) is 0 Å². The van der Waals surface area contributed by atoms with Crippen LogP contribution in [0.1, 0.15) is 11.1 Å². The fourth-order valence-corrected chi connectivity index (χ4v) is 8.07. The lowest BCUT2D eigenvalue weighted by Crippen LogP contribution is -2.32. The van der Waals surface area contributed by atoms with Gasteiger partial charge < -0.3 is 0 Å². The lowest BCUT2D eigenvalue weighted by atomic mass is 9.90. The van der Waals surface area contributed by atoms with Crippen LogP contribution in [0.15, 0.2) is 70.5 Å². The quantitative estimate of drug-likeness (QED) is 0.296. The minimum atomic E-state index is -5.52. The monoisotopic (exact) mass is 531 g/mol. The largest absolute Gasteiger partial charge is 0.417 e. The highest BCUT2D eigenvalue weighted by molar-refractivity contribution is 8.05. The summed E-state index contributed by atoms with van der Waals surface area (Å²) in [5, 5.41) is -0.603. The van der Waals surface area contributed by atoms with Crippen molar-refractivity contribution < 1.29 is 43.2 Å². The number of fused-ring (bicyclic) bond motifs is 7. The van der Waals surface area contributed by atoms with Crippen LogP contribution in [0.3, 0.4) is 0 Å². The first-order chi connectivity index (χ1) is 16.1. The van der Waals surface area contributed by atoms with Gasteiger partial charge in [-0.3, -0.25) is 0 Å². The molecule has 13 heteroatoms. The highest BCUT2D eigenvalue weighted by Gasteiger charge is 2.48. The van der Waals surface area contributed by atoms with Crippen LogP contribution in [-0.2, 0) is 32.4 Å². The van der Waals surface area contributed by atoms with Gasteiger partial charge in [0.1, 0.15) is 9.79 Å². The number of benzene rings is 4. The molecule has 0 unspecified atom stereocenters. The Kier molecular flexibility index (Phi) is 4.84. The van der Waals surface area contributed by atoms with Gasteiger partial charge in [0.05, 0.1) is 11.1 Å². The second-order valence-electron chi connectivity index (χ2n) is 7.78. The van der Waals surface area contributed by atoms with Crippen molar-refractivity contribution in [1.29, 1.82) is 0 Å². The smallest absolute Gasteiger partial charge is 0.206 e. The van der Waals surface area contributed by atoms with Gasteiger partial charge in [-0.05, 0) is 33.7 Å². The van der Waals surface area contributed by atoms with E-state index in [2.05, 4.69) is 0 Å². The molecule has 0 atom stereocenters. The molecule has 0 saturated heterocycles. The lowest BCUT2D eigenvalue weighted by molar-refractivity contribution is -0.140. The molecule has 1 N–H and O–H groups in total. The topological polar surface area (TPSA) is 80.3 Å². The predicted octanol–water partition coefficient (Wildman–Crippen LogP) is 5.68. The maximum absolute atomic E-state index is 14.1. The Morgan fingerprint density at radius 2 is 0.914 bits per heavy atom. The average molecular weight is 531 g/mol. The van der Waals surface area contributed by atoms with E-state index in [1.807, 2.05) is 0 Å². The third-order valence-electron chi connectivity index (χ3n) is 5.62. The SMILES string of the molecule is O=S1(=O)NS(=O)(=O)c2c(C(F)(F)F)cc3ccccc3c2-c2c1c(C(F)(F)F)cc1ccccc21. The zero-order valence-electron chi connectivity index (χ0n) is 17.0. The van der Waals surface area contributed by atoms with E-state index < -0.39 is 64.4 Å². The minimum absolute atomic E-state index is 0.138.